The fraction of sp³-hybridized carbons (Fsp3) is 0. The van der Waals surface area contributed by atoms with Crippen LogP contribution >= 0.6 is 0 Å². The third-order valence-electron chi connectivity index (χ3n) is 2.33. The standard InChI is InChI=1S/C11H8FNO4S/c12-10-5-7(1-2-8(10)6-14)9-3-4-17-11(9)18(13,15)16/h1-6H,(H2,13,15,16). The highest BCUT2D eigenvalue weighted by atomic mass is 32.2. The van der Waals surface area contributed by atoms with Crippen molar-refractivity contribution in [3.05, 3.63) is 41.9 Å². The molecule has 0 saturated heterocycles. The lowest BCUT2D eigenvalue weighted by atomic mass is 10.1. The topological polar surface area (TPSA) is 90.4 Å². The van der Waals surface area contributed by atoms with Gasteiger partial charge < -0.3 is 4.42 Å². The molecule has 5 nitrogen and oxygen atoms in total. The third-order valence-corrected chi connectivity index (χ3v) is 3.16. The monoisotopic (exact) mass is 269 g/mol. The van der Waals surface area contributed by atoms with Crippen LogP contribution in [0.2, 0.25) is 0 Å². The molecule has 0 aliphatic rings. The first-order valence-electron chi connectivity index (χ1n) is 4.79. The molecule has 0 aliphatic heterocycles. The largest absolute Gasteiger partial charge is 0.451 e. The van der Waals surface area contributed by atoms with Crippen molar-refractivity contribution in [3.8, 4) is 11.1 Å². The second-order valence-corrected chi connectivity index (χ2v) is 4.98. The van der Waals surface area contributed by atoms with Gasteiger partial charge in [0.2, 0.25) is 5.09 Å². The summed E-state index contributed by atoms with van der Waals surface area (Å²) in [6, 6.07) is 5.06. The Hall–Kier alpha value is -1.99. The first kappa shape index (κ1) is 12.5. The van der Waals surface area contributed by atoms with Crippen LogP contribution in [0, 0.1) is 5.82 Å². The lowest BCUT2D eigenvalue weighted by molar-refractivity contribution is 0.112. The summed E-state index contributed by atoms with van der Waals surface area (Å²) in [4.78, 5) is 10.5. The van der Waals surface area contributed by atoms with Gasteiger partial charge in [-0.05, 0) is 23.8 Å². The Morgan fingerprint density at radius 2 is 2.00 bits per heavy atom. The van der Waals surface area contributed by atoms with Gasteiger partial charge in [0.25, 0.3) is 10.0 Å². The molecular formula is C11H8FNO4S. The van der Waals surface area contributed by atoms with E-state index in [1.807, 2.05) is 0 Å². The number of benzene rings is 1. The number of primary sulfonamides is 1. The molecule has 94 valence electrons. The Kier molecular flexibility index (Phi) is 3.02. The van der Waals surface area contributed by atoms with Crippen molar-refractivity contribution < 1.29 is 22.0 Å². The molecule has 2 N–H and O–H groups in total. The fourth-order valence-corrected chi connectivity index (χ4v) is 2.20. The Labute approximate surface area is 102 Å². The average Bonchev–Trinajstić information content (AvgIpc) is 2.77. The van der Waals surface area contributed by atoms with Crippen LogP contribution in [0.5, 0.6) is 0 Å². The Bertz CT molecular complexity index is 706. The van der Waals surface area contributed by atoms with Crippen LogP contribution in [0.4, 0.5) is 4.39 Å². The van der Waals surface area contributed by atoms with Gasteiger partial charge in [0, 0.05) is 5.56 Å². The summed E-state index contributed by atoms with van der Waals surface area (Å²) < 4.78 is 40.7. The second kappa shape index (κ2) is 4.35. The van der Waals surface area contributed by atoms with E-state index >= 15 is 0 Å². The molecule has 2 rings (SSSR count). The maximum atomic E-state index is 13.4. The van der Waals surface area contributed by atoms with Gasteiger partial charge in [-0.2, -0.15) is 0 Å². The molecule has 0 spiro atoms. The van der Waals surface area contributed by atoms with Gasteiger partial charge in [-0.3, -0.25) is 4.79 Å². The lowest BCUT2D eigenvalue weighted by Crippen LogP contribution is -2.12. The molecular weight excluding hydrogens is 261 g/mol. The van der Waals surface area contributed by atoms with E-state index in [1.54, 1.807) is 0 Å². The van der Waals surface area contributed by atoms with Crippen LogP contribution in [0.15, 0.2) is 40.0 Å². The Balaban J connectivity index is 2.60. The van der Waals surface area contributed by atoms with Gasteiger partial charge in [-0.15, -0.1) is 0 Å². The minimum Gasteiger partial charge on any atom is -0.451 e. The summed E-state index contributed by atoms with van der Waals surface area (Å²) in [6.07, 6.45) is 1.51. The second-order valence-electron chi connectivity index (χ2n) is 3.52. The van der Waals surface area contributed by atoms with Gasteiger partial charge in [0.15, 0.2) is 6.29 Å². The van der Waals surface area contributed by atoms with Crippen LogP contribution in [0.3, 0.4) is 0 Å². The molecule has 0 amide bonds. The van der Waals surface area contributed by atoms with Crippen LogP contribution in [0.25, 0.3) is 11.1 Å². The van der Waals surface area contributed by atoms with Crippen molar-refractivity contribution in [2.45, 2.75) is 5.09 Å². The number of rotatable bonds is 3. The first-order valence-corrected chi connectivity index (χ1v) is 6.33. The number of sulfonamides is 1. The van der Waals surface area contributed by atoms with Crippen LogP contribution < -0.4 is 5.14 Å². The summed E-state index contributed by atoms with van der Waals surface area (Å²) in [5, 5.41) is 4.52. The first-order chi connectivity index (χ1) is 8.43. The zero-order valence-electron chi connectivity index (χ0n) is 8.96. The van der Waals surface area contributed by atoms with Gasteiger partial charge in [-0.25, -0.2) is 17.9 Å². The minimum atomic E-state index is -4.03. The van der Waals surface area contributed by atoms with E-state index in [-0.39, 0.29) is 16.7 Å². The molecule has 1 aromatic carbocycles. The number of halogens is 1. The van der Waals surface area contributed by atoms with E-state index in [0.29, 0.717) is 6.29 Å². The minimum absolute atomic E-state index is 0.112. The molecule has 2 aromatic rings. The molecule has 1 heterocycles. The number of carbonyl (C=O) groups excluding carboxylic acids is 1. The van der Waals surface area contributed by atoms with E-state index < -0.39 is 20.9 Å². The van der Waals surface area contributed by atoms with Crippen molar-refractivity contribution in [1.82, 2.24) is 0 Å². The molecule has 0 aliphatic carbocycles. The predicted octanol–water partition coefficient (Wildman–Crippen LogP) is 1.55. The highest BCUT2D eigenvalue weighted by Crippen LogP contribution is 2.28. The maximum Gasteiger partial charge on any atom is 0.272 e. The van der Waals surface area contributed by atoms with E-state index in [1.165, 1.54) is 18.2 Å². The smallest absolute Gasteiger partial charge is 0.272 e. The third kappa shape index (κ3) is 2.18. The average molecular weight is 269 g/mol. The van der Waals surface area contributed by atoms with Crippen LogP contribution in [-0.2, 0) is 10.0 Å². The normalized spacial score (nSPS) is 11.4. The zero-order valence-corrected chi connectivity index (χ0v) is 9.78. The number of nitrogens with two attached hydrogens (primary N) is 1. The zero-order chi connectivity index (χ0) is 13.3. The SMILES string of the molecule is NS(=O)(=O)c1occc1-c1ccc(C=O)c(F)c1. The molecule has 7 heteroatoms. The number of hydrogen-bond donors (Lipinski definition) is 1. The maximum absolute atomic E-state index is 13.4. The molecule has 0 saturated carbocycles. The molecule has 0 unspecified atom stereocenters. The van der Waals surface area contributed by atoms with E-state index in [9.17, 15) is 17.6 Å². The number of furan rings is 1. The molecule has 0 atom stereocenters. The van der Waals surface area contributed by atoms with Crippen molar-refractivity contribution in [2.75, 3.05) is 0 Å². The summed E-state index contributed by atoms with van der Waals surface area (Å²) in [5.74, 6) is -0.746. The predicted molar refractivity (Wildman–Crippen MR) is 60.9 cm³/mol. The fourth-order valence-electron chi connectivity index (χ4n) is 1.52. The van der Waals surface area contributed by atoms with Crippen molar-refractivity contribution in [3.63, 3.8) is 0 Å². The van der Waals surface area contributed by atoms with Gasteiger partial charge >= 0.3 is 0 Å². The molecule has 0 fully saturated rings. The summed E-state index contributed by atoms with van der Waals surface area (Å²) in [5.41, 5.74) is 0.295. The number of aldehydes is 1. The quantitative estimate of drug-likeness (QED) is 0.856. The Morgan fingerprint density at radius 3 is 2.56 bits per heavy atom. The molecule has 1 aromatic heterocycles. The Morgan fingerprint density at radius 1 is 1.28 bits per heavy atom. The van der Waals surface area contributed by atoms with Gasteiger partial charge in [-0.1, -0.05) is 6.07 Å². The van der Waals surface area contributed by atoms with Crippen molar-refractivity contribution in [2.24, 2.45) is 5.14 Å². The summed E-state index contributed by atoms with van der Waals surface area (Å²) >= 11 is 0. The van der Waals surface area contributed by atoms with Crippen molar-refractivity contribution >= 4 is 16.3 Å². The molecule has 18 heavy (non-hydrogen) atoms. The molecule has 0 bridgehead atoms. The lowest BCUT2D eigenvalue weighted by Gasteiger charge is -2.02. The molecule has 0 radical (unpaired) electrons. The van der Waals surface area contributed by atoms with Crippen molar-refractivity contribution in [1.29, 1.82) is 0 Å². The van der Waals surface area contributed by atoms with Gasteiger partial charge in [0.1, 0.15) is 5.82 Å². The number of hydrogen-bond acceptors (Lipinski definition) is 4. The van der Waals surface area contributed by atoms with E-state index in [2.05, 4.69) is 0 Å². The van der Waals surface area contributed by atoms with Crippen LogP contribution in [-0.4, -0.2) is 14.7 Å². The number of carbonyl (C=O) groups is 1. The highest BCUT2D eigenvalue weighted by Gasteiger charge is 2.19. The van der Waals surface area contributed by atoms with E-state index in [4.69, 9.17) is 9.56 Å². The highest BCUT2D eigenvalue weighted by molar-refractivity contribution is 7.89. The summed E-state index contributed by atoms with van der Waals surface area (Å²) in [7, 11) is -4.03. The summed E-state index contributed by atoms with van der Waals surface area (Å²) in [6.45, 7) is 0. The van der Waals surface area contributed by atoms with E-state index in [0.717, 1.165) is 12.3 Å². The van der Waals surface area contributed by atoms with Gasteiger partial charge in [0.05, 0.1) is 11.8 Å². The van der Waals surface area contributed by atoms with Crippen LogP contribution in [0.1, 0.15) is 10.4 Å².